The number of benzene rings is 2. The highest BCUT2D eigenvalue weighted by atomic mass is 32.2. The average Bonchev–Trinajstić information content (AvgIpc) is 2.42. The Labute approximate surface area is 126 Å². The molecule has 0 atom stereocenters. The zero-order valence-electron chi connectivity index (χ0n) is 12.5. The van der Waals surface area contributed by atoms with Crippen LogP contribution in [0.5, 0.6) is 0 Å². The SMILES string of the molecule is C=C(C)c1ccccc1S(=O)(=O)Nc1ccc(C)c(C)c1. The van der Waals surface area contributed by atoms with Crippen LogP contribution in [0.15, 0.2) is 53.9 Å². The van der Waals surface area contributed by atoms with Gasteiger partial charge < -0.3 is 0 Å². The Hall–Kier alpha value is -2.07. The lowest BCUT2D eigenvalue weighted by Gasteiger charge is -2.13. The molecule has 0 aromatic heterocycles. The van der Waals surface area contributed by atoms with E-state index in [1.807, 2.05) is 26.0 Å². The third kappa shape index (κ3) is 3.34. The Balaban J connectivity index is 2.43. The number of aryl methyl sites for hydroxylation is 2. The van der Waals surface area contributed by atoms with Gasteiger partial charge in [-0.05, 0) is 61.2 Å². The maximum atomic E-state index is 12.6. The molecule has 2 rings (SSSR count). The monoisotopic (exact) mass is 301 g/mol. The molecule has 3 nitrogen and oxygen atoms in total. The molecule has 0 aliphatic rings. The molecule has 0 radical (unpaired) electrons. The minimum Gasteiger partial charge on any atom is -0.280 e. The first-order valence-corrected chi connectivity index (χ1v) is 8.14. The number of rotatable bonds is 4. The van der Waals surface area contributed by atoms with Gasteiger partial charge in [0.25, 0.3) is 10.0 Å². The molecule has 110 valence electrons. The molecule has 0 heterocycles. The molecule has 4 heteroatoms. The third-order valence-electron chi connectivity index (χ3n) is 3.40. The largest absolute Gasteiger partial charge is 0.280 e. The number of anilines is 1. The Morgan fingerprint density at radius 2 is 1.71 bits per heavy atom. The standard InChI is InChI=1S/C17H19NO2S/c1-12(2)16-7-5-6-8-17(16)21(19,20)18-15-10-9-13(3)14(4)11-15/h5-11,18H,1H2,2-4H3. The normalized spacial score (nSPS) is 11.2. The van der Waals surface area contributed by atoms with E-state index in [0.717, 1.165) is 16.7 Å². The highest BCUT2D eigenvalue weighted by Gasteiger charge is 2.18. The fraction of sp³-hybridized carbons (Fsp3) is 0.176. The van der Waals surface area contributed by atoms with E-state index in [2.05, 4.69) is 11.3 Å². The zero-order chi connectivity index (χ0) is 15.6. The maximum Gasteiger partial charge on any atom is 0.262 e. The molecule has 0 saturated carbocycles. The van der Waals surface area contributed by atoms with Gasteiger partial charge in [-0.2, -0.15) is 0 Å². The van der Waals surface area contributed by atoms with Gasteiger partial charge >= 0.3 is 0 Å². The van der Waals surface area contributed by atoms with Crippen molar-refractivity contribution in [3.63, 3.8) is 0 Å². The molecule has 0 aliphatic heterocycles. The zero-order valence-corrected chi connectivity index (χ0v) is 13.3. The molecule has 0 saturated heterocycles. The number of hydrogen-bond donors (Lipinski definition) is 1. The summed E-state index contributed by atoms with van der Waals surface area (Å²) in [6.07, 6.45) is 0. The second-order valence-corrected chi connectivity index (χ2v) is 6.83. The van der Waals surface area contributed by atoms with Crippen LogP contribution in [-0.2, 0) is 10.0 Å². The van der Waals surface area contributed by atoms with Crippen LogP contribution in [-0.4, -0.2) is 8.42 Å². The van der Waals surface area contributed by atoms with Crippen LogP contribution in [0, 0.1) is 13.8 Å². The van der Waals surface area contributed by atoms with Crippen molar-refractivity contribution in [3.8, 4) is 0 Å². The molecular weight excluding hydrogens is 282 g/mol. The molecule has 0 fully saturated rings. The van der Waals surface area contributed by atoms with Crippen LogP contribution < -0.4 is 4.72 Å². The first-order chi connectivity index (χ1) is 9.81. The van der Waals surface area contributed by atoms with Crippen molar-refractivity contribution in [2.75, 3.05) is 4.72 Å². The summed E-state index contributed by atoms with van der Waals surface area (Å²) in [5.41, 5.74) is 4.09. The minimum absolute atomic E-state index is 0.246. The lowest BCUT2D eigenvalue weighted by atomic mass is 10.1. The van der Waals surface area contributed by atoms with E-state index < -0.39 is 10.0 Å². The number of hydrogen-bond acceptors (Lipinski definition) is 2. The number of sulfonamides is 1. The van der Waals surface area contributed by atoms with Crippen molar-refractivity contribution in [1.29, 1.82) is 0 Å². The topological polar surface area (TPSA) is 46.2 Å². The number of allylic oxidation sites excluding steroid dienone is 1. The van der Waals surface area contributed by atoms with E-state index in [4.69, 9.17) is 0 Å². The fourth-order valence-electron chi connectivity index (χ4n) is 2.07. The summed E-state index contributed by atoms with van der Waals surface area (Å²) in [5, 5.41) is 0. The van der Waals surface area contributed by atoms with Crippen molar-refractivity contribution >= 4 is 21.3 Å². The van der Waals surface area contributed by atoms with Crippen LogP contribution in [0.3, 0.4) is 0 Å². The summed E-state index contributed by atoms with van der Waals surface area (Å²) in [7, 11) is -3.63. The summed E-state index contributed by atoms with van der Waals surface area (Å²) in [5.74, 6) is 0. The maximum absolute atomic E-state index is 12.6. The van der Waals surface area contributed by atoms with E-state index in [9.17, 15) is 8.42 Å². The van der Waals surface area contributed by atoms with Gasteiger partial charge in [-0.1, -0.05) is 30.8 Å². The van der Waals surface area contributed by atoms with Gasteiger partial charge in [-0.3, -0.25) is 4.72 Å². The van der Waals surface area contributed by atoms with Gasteiger partial charge in [0.1, 0.15) is 0 Å². The Morgan fingerprint density at radius 3 is 2.33 bits per heavy atom. The summed E-state index contributed by atoms with van der Waals surface area (Å²) >= 11 is 0. The molecule has 0 bridgehead atoms. The minimum atomic E-state index is -3.63. The molecule has 2 aromatic carbocycles. The van der Waals surface area contributed by atoms with Crippen molar-refractivity contribution in [3.05, 3.63) is 65.7 Å². The van der Waals surface area contributed by atoms with Gasteiger partial charge in [0.15, 0.2) is 0 Å². The first-order valence-electron chi connectivity index (χ1n) is 6.66. The Bertz CT molecular complexity index is 792. The predicted molar refractivity (Wildman–Crippen MR) is 87.9 cm³/mol. The van der Waals surface area contributed by atoms with E-state index in [1.165, 1.54) is 0 Å². The highest BCUT2D eigenvalue weighted by molar-refractivity contribution is 7.92. The summed E-state index contributed by atoms with van der Waals surface area (Å²) in [4.78, 5) is 0.246. The van der Waals surface area contributed by atoms with E-state index in [0.29, 0.717) is 11.3 Å². The van der Waals surface area contributed by atoms with Crippen molar-refractivity contribution in [1.82, 2.24) is 0 Å². The molecule has 0 unspecified atom stereocenters. The molecule has 0 amide bonds. The van der Waals surface area contributed by atoms with Crippen molar-refractivity contribution in [2.45, 2.75) is 25.7 Å². The van der Waals surface area contributed by atoms with Gasteiger partial charge in [0.2, 0.25) is 0 Å². The van der Waals surface area contributed by atoms with Gasteiger partial charge in [0, 0.05) is 5.69 Å². The average molecular weight is 301 g/mol. The lowest BCUT2D eigenvalue weighted by molar-refractivity contribution is 0.601. The van der Waals surface area contributed by atoms with Crippen LogP contribution >= 0.6 is 0 Å². The van der Waals surface area contributed by atoms with E-state index in [1.54, 1.807) is 37.3 Å². The van der Waals surface area contributed by atoms with Crippen LogP contribution in [0.4, 0.5) is 5.69 Å². The fourth-order valence-corrected chi connectivity index (χ4v) is 3.41. The van der Waals surface area contributed by atoms with E-state index >= 15 is 0 Å². The van der Waals surface area contributed by atoms with Crippen LogP contribution in [0.2, 0.25) is 0 Å². The summed E-state index contributed by atoms with van der Waals surface area (Å²) in [6, 6.07) is 12.4. The molecular formula is C17H19NO2S. The smallest absolute Gasteiger partial charge is 0.262 e. The molecule has 0 aliphatic carbocycles. The Morgan fingerprint density at radius 1 is 1.05 bits per heavy atom. The Kier molecular flexibility index (Phi) is 4.19. The number of nitrogens with one attached hydrogen (secondary N) is 1. The predicted octanol–water partition coefficient (Wildman–Crippen LogP) is 4.14. The van der Waals surface area contributed by atoms with Gasteiger partial charge in [-0.25, -0.2) is 8.42 Å². The quantitative estimate of drug-likeness (QED) is 0.922. The summed E-state index contributed by atoms with van der Waals surface area (Å²) < 4.78 is 27.8. The first kappa shape index (κ1) is 15.3. The van der Waals surface area contributed by atoms with Gasteiger partial charge in [0.05, 0.1) is 4.90 Å². The summed E-state index contributed by atoms with van der Waals surface area (Å²) in [6.45, 7) is 9.58. The second-order valence-electron chi connectivity index (χ2n) is 5.18. The van der Waals surface area contributed by atoms with Crippen LogP contribution in [0.1, 0.15) is 23.6 Å². The molecule has 2 aromatic rings. The third-order valence-corrected chi connectivity index (χ3v) is 4.83. The van der Waals surface area contributed by atoms with E-state index in [-0.39, 0.29) is 4.90 Å². The van der Waals surface area contributed by atoms with Crippen LogP contribution in [0.25, 0.3) is 5.57 Å². The van der Waals surface area contributed by atoms with Crippen molar-refractivity contribution in [2.24, 2.45) is 0 Å². The molecule has 21 heavy (non-hydrogen) atoms. The molecule has 1 N–H and O–H groups in total. The molecule has 0 spiro atoms. The highest BCUT2D eigenvalue weighted by Crippen LogP contribution is 2.24. The second kappa shape index (κ2) is 5.74. The van der Waals surface area contributed by atoms with Gasteiger partial charge in [-0.15, -0.1) is 0 Å². The lowest BCUT2D eigenvalue weighted by Crippen LogP contribution is -2.14. The van der Waals surface area contributed by atoms with Crippen molar-refractivity contribution < 1.29 is 8.42 Å².